The van der Waals surface area contributed by atoms with E-state index in [2.05, 4.69) is 15.5 Å². The fraction of sp³-hybridized carbons (Fsp3) is 0.800. The van der Waals surface area contributed by atoms with Crippen LogP contribution in [-0.4, -0.2) is 30.4 Å². The number of nitrogens with one attached hydrogen (secondary N) is 1. The molecule has 0 atom stereocenters. The Morgan fingerprint density at radius 1 is 1.47 bits per heavy atom. The van der Waals surface area contributed by atoms with Gasteiger partial charge in [0, 0.05) is 13.5 Å². The van der Waals surface area contributed by atoms with Crippen LogP contribution in [0.2, 0.25) is 0 Å². The quantitative estimate of drug-likeness (QED) is 0.766. The third-order valence-corrected chi connectivity index (χ3v) is 2.15. The zero-order valence-electron chi connectivity index (χ0n) is 9.83. The molecular weight excluding hydrogens is 194 g/mol. The van der Waals surface area contributed by atoms with E-state index in [1.54, 1.807) is 7.11 Å². The van der Waals surface area contributed by atoms with Gasteiger partial charge in [-0.15, -0.1) is 0 Å². The monoisotopic (exact) mass is 213 g/mol. The fourth-order valence-corrected chi connectivity index (χ4v) is 1.32. The molecule has 86 valence electrons. The summed E-state index contributed by atoms with van der Waals surface area (Å²) in [5.74, 6) is 1.31. The summed E-state index contributed by atoms with van der Waals surface area (Å²) in [6.07, 6.45) is 0.683. The molecule has 0 saturated heterocycles. The maximum absolute atomic E-state index is 5.20. The Morgan fingerprint density at radius 2 is 2.20 bits per heavy atom. The summed E-state index contributed by atoms with van der Waals surface area (Å²) in [4.78, 5) is 4.32. The van der Waals surface area contributed by atoms with Gasteiger partial charge in [-0.2, -0.15) is 4.98 Å². The minimum absolute atomic E-state index is 0.271. The summed E-state index contributed by atoms with van der Waals surface area (Å²) in [5, 5.41) is 7.18. The van der Waals surface area contributed by atoms with Crippen molar-refractivity contribution in [3.8, 4) is 0 Å². The first-order chi connectivity index (χ1) is 7.10. The molecule has 1 N–H and O–H groups in total. The largest absolute Gasteiger partial charge is 0.384 e. The molecule has 0 aliphatic rings. The lowest BCUT2D eigenvalue weighted by Crippen LogP contribution is -2.36. The molecule has 0 unspecified atom stereocenters. The van der Waals surface area contributed by atoms with Crippen LogP contribution in [0.5, 0.6) is 0 Å². The van der Waals surface area contributed by atoms with E-state index in [0.717, 1.165) is 6.54 Å². The van der Waals surface area contributed by atoms with Gasteiger partial charge in [-0.1, -0.05) is 12.1 Å². The Labute approximate surface area is 90.2 Å². The van der Waals surface area contributed by atoms with Crippen molar-refractivity contribution in [1.82, 2.24) is 15.5 Å². The topological polar surface area (TPSA) is 60.2 Å². The zero-order chi connectivity index (χ0) is 11.3. The zero-order valence-corrected chi connectivity index (χ0v) is 9.83. The minimum atomic E-state index is -0.271. The maximum Gasteiger partial charge on any atom is 0.246 e. The number of hydrogen-bond acceptors (Lipinski definition) is 5. The Kier molecular flexibility index (Phi) is 4.23. The number of rotatable bonds is 6. The average molecular weight is 213 g/mol. The molecule has 0 spiro atoms. The molecule has 0 aliphatic carbocycles. The predicted molar refractivity (Wildman–Crippen MR) is 56.6 cm³/mol. The molecule has 1 aromatic rings. The highest BCUT2D eigenvalue weighted by atomic mass is 16.5. The number of ether oxygens (including phenoxy) is 1. The van der Waals surface area contributed by atoms with Crippen LogP contribution in [0.3, 0.4) is 0 Å². The maximum atomic E-state index is 5.20. The van der Waals surface area contributed by atoms with Crippen molar-refractivity contribution < 1.29 is 9.26 Å². The van der Waals surface area contributed by atoms with Crippen molar-refractivity contribution in [2.75, 3.05) is 20.3 Å². The van der Waals surface area contributed by atoms with Crippen LogP contribution in [-0.2, 0) is 16.7 Å². The van der Waals surface area contributed by atoms with E-state index in [-0.39, 0.29) is 5.54 Å². The molecule has 1 rings (SSSR count). The van der Waals surface area contributed by atoms with Crippen LogP contribution >= 0.6 is 0 Å². The second-order valence-electron chi connectivity index (χ2n) is 3.91. The summed E-state index contributed by atoms with van der Waals surface area (Å²) >= 11 is 0. The lowest BCUT2D eigenvalue weighted by molar-refractivity contribution is 0.199. The first-order valence-electron chi connectivity index (χ1n) is 5.17. The fourth-order valence-electron chi connectivity index (χ4n) is 1.32. The van der Waals surface area contributed by atoms with Crippen LogP contribution < -0.4 is 5.32 Å². The normalized spacial score (nSPS) is 12.0. The van der Waals surface area contributed by atoms with Crippen molar-refractivity contribution in [3.05, 3.63) is 11.7 Å². The third kappa shape index (κ3) is 3.28. The van der Waals surface area contributed by atoms with E-state index >= 15 is 0 Å². The lowest BCUT2D eigenvalue weighted by atomic mass is 10.1. The molecule has 5 heteroatoms. The highest BCUT2D eigenvalue weighted by molar-refractivity contribution is 4.99. The SMILES string of the molecule is CCNC(C)(C)c1nc(CCOC)no1. The summed E-state index contributed by atoms with van der Waals surface area (Å²) in [6.45, 7) is 7.56. The number of methoxy groups -OCH3 is 1. The first-order valence-corrected chi connectivity index (χ1v) is 5.17. The van der Waals surface area contributed by atoms with E-state index in [1.807, 2.05) is 20.8 Å². The van der Waals surface area contributed by atoms with Gasteiger partial charge in [-0.05, 0) is 20.4 Å². The van der Waals surface area contributed by atoms with Crippen LogP contribution in [0, 0.1) is 0 Å². The van der Waals surface area contributed by atoms with E-state index in [4.69, 9.17) is 9.26 Å². The molecule has 5 nitrogen and oxygen atoms in total. The summed E-state index contributed by atoms with van der Waals surface area (Å²) in [6, 6.07) is 0. The summed E-state index contributed by atoms with van der Waals surface area (Å²) in [5.41, 5.74) is -0.271. The van der Waals surface area contributed by atoms with Crippen LogP contribution in [0.15, 0.2) is 4.52 Å². The van der Waals surface area contributed by atoms with Crippen LogP contribution in [0.4, 0.5) is 0 Å². The molecule has 15 heavy (non-hydrogen) atoms. The van der Waals surface area contributed by atoms with Gasteiger partial charge in [-0.3, -0.25) is 0 Å². The van der Waals surface area contributed by atoms with Gasteiger partial charge < -0.3 is 14.6 Å². The Balaban J connectivity index is 2.66. The van der Waals surface area contributed by atoms with E-state index < -0.39 is 0 Å². The Morgan fingerprint density at radius 3 is 2.80 bits per heavy atom. The number of nitrogens with zero attached hydrogens (tertiary/aromatic N) is 2. The van der Waals surface area contributed by atoms with Gasteiger partial charge in [-0.25, -0.2) is 0 Å². The average Bonchev–Trinajstić information content (AvgIpc) is 2.63. The van der Waals surface area contributed by atoms with Crippen molar-refractivity contribution in [2.24, 2.45) is 0 Å². The molecule has 0 radical (unpaired) electrons. The van der Waals surface area contributed by atoms with Gasteiger partial charge in [0.1, 0.15) is 0 Å². The molecule has 0 amide bonds. The third-order valence-electron chi connectivity index (χ3n) is 2.15. The van der Waals surface area contributed by atoms with Gasteiger partial charge in [0.2, 0.25) is 5.89 Å². The van der Waals surface area contributed by atoms with Gasteiger partial charge in [0.15, 0.2) is 5.82 Å². The molecule has 1 aromatic heterocycles. The lowest BCUT2D eigenvalue weighted by Gasteiger charge is -2.20. The summed E-state index contributed by atoms with van der Waals surface area (Å²) < 4.78 is 10.2. The van der Waals surface area contributed by atoms with E-state index in [1.165, 1.54) is 0 Å². The van der Waals surface area contributed by atoms with E-state index in [9.17, 15) is 0 Å². The van der Waals surface area contributed by atoms with Crippen molar-refractivity contribution in [2.45, 2.75) is 32.7 Å². The molecule has 0 saturated carbocycles. The van der Waals surface area contributed by atoms with Gasteiger partial charge in [0.05, 0.1) is 12.1 Å². The Hall–Kier alpha value is -0.940. The number of aromatic nitrogens is 2. The molecule has 0 fully saturated rings. The van der Waals surface area contributed by atoms with Crippen LogP contribution in [0.1, 0.15) is 32.5 Å². The van der Waals surface area contributed by atoms with Crippen molar-refractivity contribution in [3.63, 3.8) is 0 Å². The van der Waals surface area contributed by atoms with Crippen molar-refractivity contribution in [1.29, 1.82) is 0 Å². The van der Waals surface area contributed by atoms with E-state index in [0.29, 0.717) is 24.7 Å². The first kappa shape index (κ1) is 12.1. The Bertz CT molecular complexity index is 297. The standard InChI is InChI=1S/C10H19N3O2/c1-5-11-10(2,3)9-12-8(13-15-9)6-7-14-4/h11H,5-7H2,1-4H3. The molecule has 1 heterocycles. The predicted octanol–water partition coefficient (Wildman–Crippen LogP) is 1.10. The molecule has 0 aliphatic heterocycles. The molecule has 0 aromatic carbocycles. The molecule has 0 bridgehead atoms. The van der Waals surface area contributed by atoms with Crippen LogP contribution in [0.25, 0.3) is 0 Å². The second-order valence-corrected chi connectivity index (χ2v) is 3.91. The highest BCUT2D eigenvalue weighted by Crippen LogP contribution is 2.17. The van der Waals surface area contributed by atoms with Crippen molar-refractivity contribution >= 4 is 0 Å². The second kappa shape index (κ2) is 5.23. The number of hydrogen-bond donors (Lipinski definition) is 1. The smallest absolute Gasteiger partial charge is 0.246 e. The molecular formula is C10H19N3O2. The highest BCUT2D eigenvalue weighted by Gasteiger charge is 2.26. The van der Waals surface area contributed by atoms with Gasteiger partial charge in [0.25, 0.3) is 0 Å². The van der Waals surface area contributed by atoms with Gasteiger partial charge >= 0.3 is 0 Å². The minimum Gasteiger partial charge on any atom is -0.384 e. The summed E-state index contributed by atoms with van der Waals surface area (Å²) in [7, 11) is 1.66.